The summed E-state index contributed by atoms with van der Waals surface area (Å²) < 4.78 is 0. The molecule has 0 unspecified atom stereocenters. The summed E-state index contributed by atoms with van der Waals surface area (Å²) in [5, 5.41) is 1.47. The topological polar surface area (TPSA) is 17.1 Å². The third kappa shape index (κ3) is 1.44. The van der Waals surface area contributed by atoms with Crippen LogP contribution in [-0.2, 0) is 6.42 Å². The average molecular weight is 204 g/mol. The van der Waals surface area contributed by atoms with Gasteiger partial charge in [-0.2, -0.15) is 0 Å². The van der Waals surface area contributed by atoms with E-state index in [9.17, 15) is 4.79 Å². The Labute approximate surface area is 86.2 Å². The van der Waals surface area contributed by atoms with E-state index in [1.54, 1.807) is 0 Å². The molecule has 0 heterocycles. The van der Waals surface area contributed by atoms with Gasteiger partial charge < -0.3 is 0 Å². The summed E-state index contributed by atoms with van der Waals surface area (Å²) in [6.07, 6.45) is 1.69. The van der Waals surface area contributed by atoms with Gasteiger partial charge in [-0.25, -0.2) is 0 Å². The van der Waals surface area contributed by atoms with Gasteiger partial charge in [0.05, 0.1) is 8.07 Å². The lowest BCUT2D eigenvalue weighted by atomic mass is 10.1. The van der Waals surface area contributed by atoms with E-state index in [0.29, 0.717) is 5.78 Å². The number of fused-ring (bicyclic) bond motifs is 1. The van der Waals surface area contributed by atoms with Gasteiger partial charge in [0, 0.05) is 12.0 Å². The van der Waals surface area contributed by atoms with Crippen molar-refractivity contribution < 1.29 is 4.79 Å². The van der Waals surface area contributed by atoms with Crippen molar-refractivity contribution in [3.8, 4) is 0 Å². The smallest absolute Gasteiger partial charge is 0.163 e. The molecule has 2 rings (SSSR count). The Morgan fingerprint density at radius 2 is 1.86 bits per heavy atom. The van der Waals surface area contributed by atoms with E-state index in [-0.39, 0.29) is 0 Å². The first-order chi connectivity index (χ1) is 6.50. The SMILES string of the molecule is C[Si](C)(C)c1cccc2c1CCC2=O. The Bertz CT molecular complexity index is 388. The number of carbonyl (C=O) groups is 1. The van der Waals surface area contributed by atoms with Crippen LogP contribution in [0.2, 0.25) is 19.6 Å². The van der Waals surface area contributed by atoms with E-state index >= 15 is 0 Å². The Hall–Kier alpha value is -0.893. The van der Waals surface area contributed by atoms with Crippen molar-refractivity contribution in [1.82, 2.24) is 0 Å². The largest absolute Gasteiger partial charge is 0.294 e. The van der Waals surface area contributed by atoms with Crippen molar-refractivity contribution in [3.63, 3.8) is 0 Å². The minimum absolute atomic E-state index is 0.333. The molecule has 2 heteroatoms. The molecule has 74 valence electrons. The number of hydrogen-bond acceptors (Lipinski definition) is 1. The van der Waals surface area contributed by atoms with Crippen LogP contribution in [0, 0.1) is 0 Å². The molecule has 0 radical (unpaired) electrons. The fourth-order valence-electron chi connectivity index (χ4n) is 2.19. The van der Waals surface area contributed by atoms with Gasteiger partial charge in [-0.3, -0.25) is 4.79 Å². The monoisotopic (exact) mass is 204 g/mol. The summed E-state index contributed by atoms with van der Waals surface area (Å²) in [4.78, 5) is 11.6. The van der Waals surface area contributed by atoms with Crippen molar-refractivity contribution in [2.45, 2.75) is 32.5 Å². The highest BCUT2D eigenvalue weighted by atomic mass is 28.3. The van der Waals surface area contributed by atoms with Crippen molar-refractivity contribution in [3.05, 3.63) is 29.3 Å². The molecule has 1 aromatic carbocycles. The molecule has 1 nitrogen and oxygen atoms in total. The first-order valence-corrected chi connectivity index (χ1v) is 8.66. The number of rotatable bonds is 1. The number of benzene rings is 1. The number of Topliss-reactive ketones (excluding diaryl/α,β-unsaturated/α-hetero) is 1. The van der Waals surface area contributed by atoms with Crippen molar-refractivity contribution in [2.24, 2.45) is 0 Å². The maximum atomic E-state index is 11.6. The molecule has 1 aliphatic rings. The summed E-state index contributed by atoms with van der Waals surface area (Å²) in [7, 11) is -1.27. The molecule has 0 N–H and O–H groups in total. The second kappa shape index (κ2) is 3.06. The molecule has 0 saturated heterocycles. The summed E-state index contributed by atoms with van der Waals surface area (Å²) in [5.41, 5.74) is 2.33. The Kier molecular flexibility index (Phi) is 2.11. The van der Waals surface area contributed by atoms with Crippen LogP contribution in [0.5, 0.6) is 0 Å². The summed E-state index contributed by atoms with van der Waals surface area (Å²) in [5.74, 6) is 0.333. The summed E-state index contributed by atoms with van der Waals surface area (Å²) in [6.45, 7) is 7.02. The maximum absolute atomic E-state index is 11.6. The molecule has 14 heavy (non-hydrogen) atoms. The molecule has 0 bridgehead atoms. The fourth-order valence-corrected chi connectivity index (χ4v) is 3.95. The Morgan fingerprint density at radius 3 is 2.50 bits per heavy atom. The first kappa shape index (κ1) is 9.65. The van der Waals surface area contributed by atoms with Gasteiger partial charge in [0.25, 0.3) is 0 Å². The van der Waals surface area contributed by atoms with Crippen LogP contribution < -0.4 is 5.19 Å². The molecule has 0 spiro atoms. The van der Waals surface area contributed by atoms with Gasteiger partial charge in [0.15, 0.2) is 5.78 Å². The first-order valence-electron chi connectivity index (χ1n) is 5.16. The molecule has 1 aromatic rings. The molecule has 0 saturated carbocycles. The summed E-state index contributed by atoms with van der Waals surface area (Å²) >= 11 is 0. The molecule has 0 fully saturated rings. The second-order valence-corrected chi connectivity index (χ2v) is 10.0. The zero-order valence-electron chi connectivity index (χ0n) is 9.05. The molecular weight excluding hydrogens is 188 g/mol. The van der Waals surface area contributed by atoms with Gasteiger partial charge in [0.1, 0.15) is 0 Å². The van der Waals surface area contributed by atoms with Crippen LogP contribution in [0.1, 0.15) is 22.3 Å². The Balaban J connectivity index is 2.60. The maximum Gasteiger partial charge on any atom is 0.163 e. The normalized spacial score (nSPS) is 15.8. The third-order valence-electron chi connectivity index (χ3n) is 2.89. The van der Waals surface area contributed by atoms with E-state index in [1.165, 1.54) is 10.8 Å². The van der Waals surface area contributed by atoms with E-state index in [4.69, 9.17) is 0 Å². The van der Waals surface area contributed by atoms with Gasteiger partial charge in [-0.15, -0.1) is 0 Å². The van der Waals surface area contributed by atoms with Gasteiger partial charge in [0.2, 0.25) is 0 Å². The number of ketones is 1. The molecule has 0 amide bonds. The lowest BCUT2D eigenvalue weighted by Crippen LogP contribution is -2.40. The predicted octanol–water partition coefficient (Wildman–Crippen LogP) is 2.36. The number of hydrogen-bond donors (Lipinski definition) is 0. The minimum Gasteiger partial charge on any atom is -0.294 e. The zero-order chi connectivity index (χ0) is 10.3. The zero-order valence-corrected chi connectivity index (χ0v) is 10.1. The average Bonchev–Trinajstić information content (AvgIpc) is 2.46. The van der Waals surface area contributed by atoms with E-state index < -0.39 is 8.07 Å². The quantitative estimate of drug-likeness (QED) is 0.642. The Morgan fingerprint density at radius 1 is 1.14 bits per heavy atom. The van der Waals surface area contributed by atoms with Gasteiger partial charge >= 0.3 is 0 Å². The second-order valence-electron chi connectivity index (χ2n) is 5.00. The third-order valence-corrected chi connectivity index (χ3v) is 4.97. The van der Waals surface area contributed by atoms with E-state index in [1.807, 2.05) is 12.1 Å². The fraction of sp³-hybridized carbons (Fsp3) is 0.417. The standard InChI is InChI=1S/C12H16OSi/c1-14(2,3)12-6-4-5-9-10(12)7-8-11(9)13/h4-6H,7-8H2,1-3H3. The van der Waals surface area contributed by atoms with E-state index in [0.717, 1.165) is 18.4 Å². The lowest BCUT2D eigenvalue weighted by molar-refractivity contribution is 0.0994. The van der Waals surface area contributed by atoms with Crippen molar-refractivity contribution >= 4 is 19.0 Å². The van der Waals surface area contributed by atoms with Crippen molar-refractivity contribution in [1.29, 1.82) is 0 Å². The highest BCUT2D eigenvalue weighted by Gasteiger charge is 2.27. The van der Waals surface area contributed by atoms with Crippen molar-refractivity contribution in [2.75, 3.05) is 0 Å². The van der Waals surface area contributed by atoms with Gasteiger partial charge in [-0.05, 0) is 12.0 Å². The van der Waals surface area contributed by atoms with E-state index in [2.05, 4.69) is 25.7 Å². The minimum atomic E-state index is -1.27. The van der Waals surface area contributed by atoms with Crippen LogP contribution in [-0.4, -0.2) is 13.9 Å². The lowest BCUT2D eigenvalue weighted by Gasteiger charge is -2.20. The van der Waals surface area contributed by atoms with Crippen LogP contribution in [0.25, 0.3) is 0 Å². The van der Waals surface area contributed by atoms with Crippen LogP contribution >= 0.6 is 0 Å². The van der Waals surface area contributed by atoms with Crippen LogP contribution in [0.4, 0.5) is 0 Å². The highest BCUT2D eigenvalue weighted by Crippen LogP contribution is 2.22. The predicted molar refractivity (Wildman–Crippen MR) is 62.1 cm³/mol. The van der Waals surface area contributed by atoms with Crippen LogP contribution in [0.15, 0.2) is 18.2 Å². The molecule has 0 aromatic heterocycles. The van der Waals surface area contributed by atoms with Gasteiger partial charge in [-0.1, -0.05) is 43.0 Å². The molecular formula is C12H16OSi. The summed E-state index contributed by atoms with van der Waals surface area (Å²) in [6, 6.07) is 6.23. The highest BCUT2D eigenvalue weighted by molar-refractivity contribution is 6.89. The number of carbonyl (C=O) groups excluding carboxylic acids is 1. The van der Waals surface area contributed by atoms with Crippen LogP contribution in [0.3, 0.4) is 0 Å². The molecule has 0 atom stereocenters. The molecule has 0 aliphatic heterocycles. The molecule has 1 aliphatic carbocycles.